The average molecular weight is 181 g/mol. The van der Waals surface area contributed by atoms with E-state index in [0.717, 1.165) is 4.88 Å². The standard InChI is InChI=1S/C9H11NOS/c1-10(2)6-5-8(11)9-4-3-7-12-9/h3-7H,1-2H3/b6-5-. The number of rotatable bonds is 3. The van der Waals surface area contributed by atoms with Gasteiger partial charge in [0.1, 0.15) is 0 Å². The summed E-state index contributed by atoms with van der Waals surface area (Å²) in [6, 6.07) is 3.70. The summed E-state index contributed by atoms with van der Waals surface area (Å²) in [7, 11) is 3.77. The van der Waals surface area contributed by atoms with Gasteiger partial charge in [0.05, 0.1) is 4.88 Å². The monoisotopic (exact) mass is 181 g/mol. The van der Waals surface area contributed by atoms with Gasteiger partial charge >= 0.3 is 0 Å². The van der Waals surface area contributed by atoms with Crippen molar-refractivity contribution in [3.63, 3.8) is 0 Å². The minimum absolute atomic E-state index is 0.0682. The Kier molecular flexibility index (Phi) is 3.05. The van der Waals surface area contributed by atoms with Gasteiger partial charge in [0, 0.05) is 26.4 Å². The van der Waals surface area contributed by atoms with Gasteiger partial charge in [-0.05, 0) is 11.4 Å². The molecule has 64 valence electrons. The second-order valence-corrected chi connectivity index (χ2v) is 3.57. The van der Waals surface area contributed by atoms with Crippen molar-refractivity contribution in [1.29, 1.82) is 0 Å². The minimum Gasteiger partial charge on any atom is -0.383 e. The first-order chi connectivity index (χ1) is 5.70. The van der Waals surface area contributed by atoms with Crippen LogP contribution in [0.3, 0.4) is 0 Å². The summed E-state index contributed by atoms with van der Waals surface area (Å²) in [5, 5.41) is 1.90. The summed E-state index contributed by atoms with van der Waals surface area (Å²) >= 11 is 1.46. The first-order valence-corrected chi connectivity index (χ1v) is 4.50. The summed E-state index contributed by atoms with van der Waals surface area (Å²) in [5.74, 6) is 0.0682. The van der Waals surface area contributed by atoms with Gasteiger partial charge < -0.3 is 4.90 Å². The fourth-order valence-electron chi connectivity index (χ4n) is 0.718. The van der Waals surface area contributed by atoms with Crippen molar-refractivity contribution in [1.82, 2.24) is 4.90 Å². The number of ketones is 1. The van der Waals surface area contributed by atoms with E-state index >= 15 is 0 Å². The Bertz CT molecular complexity index is 275. The van der Waals surface area contributed by atoms with Crippen molar-refractivity contribution in [3.05, 3.63) is 34.7 Å². The third-order valence-electron chi connectivity index (χ3n) is 1.29. The maximum atomic E-state index is 11.3. The molecule has 3 heteroatoms. The first kappa shape index (κ1) is 9.00. The van der Waals surface area contributed by atoms with Crippen LogP contribution in [0.25, 0.3) is 0 Å². The van der Waals surface area contributed by atoms with Gasteiger partial charge in [0.2, 0.25) is 0 Å². The van der Waals surface area contributed by atoms with E-state index < -0.39 is 0 Å². The minimum atomic E-state index is 0.0682. The van der Waals surface area contributed by atoms with E-state index in [2.05, 4.69) is 0 Å². The van der Waals surface area contributed by atoms with E-state index in [9.17, 15) is 4.79 Å². The van der Waals surface area contributed by atoms with Crippen LogP contribution in [0.1, 0.15) is 9.67 Å². The molecule has 0 amide bonds. The highest BCUT2D eigenvalue weighted by Gasteiger charge is 2.00. The Labute approximate surface area is 76.1 Å². The van der Waals surface area contributed by atoms with Gasteiger partial charge in [-0.25, -0.2) is 0 Å². The maximum Gasteiger partial charge on any atom is 0.197 e. The van der Waals surface area contributed by atoms with Crippen molar-refractivity contribution < 1.29 is 4.79 Å². The van der Waals surface area contributed by atoms with E-state index in [1.165, 1.54) is 11.3 Å². The van der Waals surface area contributed by atoms with E-state index in [1.807, 2.05) is 36.5 Å². The fraction of sp³-hybridized carbons (Fsp3) is 0.222. The molecule has 1 aromatic rings. The molecular formula is C9H11NOS. The SMILES string of the molecule is CN(C)/C=C\C(=O)c1cccs1. The molecule has 1 heterocycles. The molecule has 1 rings (SSSR count). The number of allylic oxidation sites excluding steroid dienone is 1. The number of thiophene rings is 1. The molecule has 0 spiro atoms. The van der Waals surface area contributed by atoms with E-state index in [1.54, 1.807) is 12.3 Å². The Morgan fingerprint density at radius 2 is 2.33 bits per heavy atom. The first-order valence-electron chi connectivity index (χ1n) is 3.62. The highest BCUT2D eigenvalue weighted by atomic mass is 32.1. The van der Waals surface area contributed by atoms with Crippen LogP contribution in [0.5, 0.6) is 0 Å². The van der Waals surface area contributed by atoms with Crippen LogP contribution in [0.4, 0.5) is 0 Å². The molecule has 0 fully saturated rings. The number of nitrogens with zero attached hydrogens (tertiary/aromatic N) is 1. The smallest absolute Gasteiger partial charge is 0.197 e. The van der Waals surface area contributed by atoms with Gasteiger partial charge in [-0.3, -0.25) is 4.79 Å². The topological polar surface area (TPSA) is 20.3 Å². The molecule has 0 unspecified atom stereocenters. The van der Waals surface area contributed by atoms with Crippen LogP contribution in [0.15, 0.2) is 29.8 Å². The molecule has 0 saturated heterocycles. The average Bonchev–Trinajstić information content (AvgIpc) is 2.51. The molecule has 2 nitrogen and oxygen atoms in total. The van der Waals surface area contributed by atoms with E-state index in [-0.39, 0.29) is 5.78 Å². The lowest BCUT2D eigenvalue weighted by atomic mass is 10.3. The third-order valence-corrected chi connectivity index (χ3v) is 2.17. The molecule has 0 aromatic carbocycles. The number of carbonyl (C=O) groups is 1. The van der Waals surface area contributed by atoms with Crippen LogP contribution in [0.2, 0.25) is 0 Å². The molecular weight excluding hydrogens is 170 g/mol. The lowest BCUT2D eigenvalue weighted by molar-refractivity contribution is 0.104. The number of hydrogen-bond acceptors (Lipinski definition) is 3. The molecule has 0 aliphatic heterocycles. The molecule has 0 bridgehead atoms. The summed E-state index contributed by atoms with van der Waals surface area (Å²) in [6.45, 7) is 0. The molecule has 0 radical (unpaired) electrons. The van der Waals surface area contributed by atoms with E-state index in [0.29, 0.717) is 0 Å². The second kappa shape index (κ2) is 4.07. The predicted octanol–water partition coefficient (Wildman–Crippen LogP) is 2.01. The highest BCUT2D eigenvalue weighted by Crippen LogP contribution is 2.09. The van der Waals surface area contributed by atoms with E-state index in [4.69, 9.17) is 0 Å². The number of hydrogen-bond donors (Lipinski definition) is 0. The van der Waals surface area contributed by atoms with Crippen LogP contribution >= 0.6 is 11.3 Å². The van der Waals surface area contributed by atoms with Crippen LogP contribution in [-0.4, -0.2) is 24.8 Å². The lowest BCUT2D eigenvalue weighted by Gasteiger charge is -2.01. The van der Waals surface area contributed by atoms with Crippen molar-refractivity contribution in [2.75, 3.05) is 14.1 Å². The Morgan fingerprint density at radius 3 is 2.83 bits per heavy atom. The van der Waals surface area contributed by atoms with Gasteiger partial charge in [-0.1, -0.05) is 6.07 Å². The van der Waals surface area contributed by atoms with Crippen molar-refractivity contribution in [2.45, 2.75) is 0 Å². The molecule has 1 aromatic heterocycles. The Balaban J connectivity index is 2.62. The summed E-state index contributed by atoms with van der Waals surface area (Å²) in [4.78, 5) is 13.9. The van der Waals surface area contributed by atoms with Crippen LogP contribution < -0.4 is 0 Å². The molecule has 0 aliphatic rings. The zero-order valence-electron chi connectivity index (χ0n) is 7.15. The summed E-state index contributed by atoms with van der Waals surface area (Å²) < 4.78 is 0. The Morgan fingerprint density at radius 1 is 1.58 bits per heavy atom. The molecule has 0 N–H and O–H groups in total. The fourth-order valence-corrected chi connectivity index (χ4v) is 1.36. The van der Waals surface area contributed by atoms with Gasteiger partial charge in [0.15, 0.2) is 5.78 Å². The quantitative estimate of drug-likeness (QED) is 0.525. The highest BCUT2D eigenvalue weighted by molar-refractivity contribution is 7.12. The van der Waals surface area contributed by atoms with Crippen molar-refractivity contribution in [3.8, 4) is 0 Å². The normalized spacial score (nSPS) is 10.5. The van der Waals surface area contributed by atoms with Crippen LogP contribution in [0, 0.1) is 0 Å². The molecule has 0 atom stereocenters. The zero-order chi connectivity index (χ0) is 8.97. The number of carbonyl (C=O) groups excluding carboxylic acids is 1. The van der Waals surface area contributed by atoms with Gasteiger partial charge in [0.25, 0.3) is 0 Å². The summed E-state index contributed by atoms with van der Waals surface area (Å²) in [5.41, 5.74) is 0. The van der Waals surface area contributed by atoms with Crippen molar-refractivity contribution >= 4 is 17.1 Å². The molecule has 0 saturated carbocycles. The van der Waals surface area contributed by atoms with Gasteiger partial charge in [-0.15, -0.1) is 11.3 Å². The van der Waals surface area contributed by atoms with Crippen LogP contribution in [-0.2, 0) is 0 Å². The largest absolute Gasteiger partial charge is 0.383 e. The second-order valence-electron chi connectivity index (χ2n) is 2.62. The predicted molar refractivity (Wildman–Crippen MR) is 51.5 cm³/mol. The summed E-state index contributed by atoms with van der Waals surface area (Å²) in [6.07, 6.45) is 3.33. The van der Waals surface area contributed by atoms with Crippen molar-refractivity contribution in [2.24, 2.45) is 0 Å². The third kappa shape index (κ3) is 2.51. The molecule has 12 heavy (non-hydrogen) atoms. The zero-order valence-corrected chi connectivity index (χ0v) is 7.97. The van der Waals surface area contributed by atoms with Gasteiger partial charge in [-0.2, -0.15) is 0 Å². The maximum absolute atomic E-state index is 11.3. The molecule has 0 aliphatic carbocycles. The lowest BCUT2D eigenvalue weighted by Crippen LogP contribution is -2.02. The Hall–Kier alpha value is -1.09.